The van der Waals surface area contributed by atoms with Crippen LogP contribution in [0.4, 0.5) is 5.69 Å². The van der Waals surface area contributed by atoms with Gasteiger partial charge >= 0.3 is 7.60 Å². The van der Waals surface area contributed by atoms with Crippen molar-refractivity contribution < 1.29 is 18.4 Å². The third-order valence-electron chi connectivity index (χ3n) is 3.59. The van der Waals surface area contributed by atoms with Crippen molar-refractivity contribution in [1.82, 2.24) is 0 Å². The standard InChI is InChI=1S/C19H20IN2O4P/c1-3-25-27(24,26-4-2)13-14-5-7-15(8-6-14)19(23)22-18-10-9-17(20)11-16(18)12-21/h5-11H,3-4,13H2,1-2H3,(H,22,23). The van der Waals surface area contributed by atoms with Gasteiger partial charge in [-0.05, 0) is 72.3 Å². The molecule has 0 fully saturated rings. The van der Waals surface area contributed by atoms with Gasteiger partial charge in [0, 0.05) is 9.13 Å². The highest BCUT2D eigenvalue weighted by Gasteiger charge is 2.24. The van der Waals surface area contributed by atoms with E-state index in [9.17, 15) is 14.6 Å². The van der Waals surface area contributed by atoms with E-state index in [1.165, 1.54) is 0 Å². The first-order valence-corrected chi connectivity index (χ1v) is 11.2. The molecule has 2 aromatic carbocycles. The van der Waals surface area contributed by atoms with Crippen LogP contribution in [-0.4, -0.2) is 19.1 Å². The van der Waals surface area contributed by atoms with Gasteiger partial charge in [0.25, 0.3) is 5.91 Å². The lowest BCUT2D eigenvalue weighted by Crippen LogP contribution is -2.13. The summed E-state index contributed by atoms with van der Waals surface area (Å²) >= 11 is 2.11. The fourth-order valence-electron chi connectivity index (χ4n) is 2.42. The Bertz CT molecular complexity index is 884. The number of carbonyl (C=O) groups excluding carboxylic acids is 1. The van der Waals surface area contributed by atoms with Crippen LogP contribution in [0.5, 0.6) is 0 Å². The summed E-state index contributed by atoms with van der Waals surface area (Å²) in [4.78, 5) is 12.4. The monoisotopic (exact) mass is 498 g/mol. The first kappa shape index (κ1) is 21.6. The molecule has 0 saturated carbocycles. The van der Waals surface area contributed by atoms with E-state index in [2.05, 4.69) is 34.0 Å². The summed E-state index contributed by atoms with van der Waals surface area (Å²) in [6, 6.07) is 14.0. The van der Waals surface area contributed by atoms with Crippen LogP contribution in [0.15, 0.2) is 42.5 Å². The second kappa shape index (κ2) is 10.00. The van der Waals surface area contributed by atoms with Crippen molar-refractivity contribution in [1.29, 1.82) is 5.26 Å². The lowest BCUT2D eigenvalue weighted by atomic mass is 10.1. The molecular formula is C19H20IN2O4P. The average Bonchev–Trinajstić information content (AvgIpc) is 2.64. The van der Waals surface area contributed by atoms with E-state index in [0.717, 1.165) is 9.13 Å². The van der Waals surface area contributed by atoms with Crippen LogP contribution in [0.25, 0.3) is 0 Å². The zero-order valence-electron chi connectivity index (χ0n) is 15.1. The number of rotatable bonds is 8. The second-order valence-electron chi connectivity index (χ2n) is 5.56. The summed E-state index contributed by atoms with van der Waals surface area (Å²) < 4.78 is 24.1. The van der Waals surface area contributed by atoms with Crippen LogP contribution >= 0.6 is 30.2 Å². The number of nitriles is 1. The van der Waals surface area contributed by atoms with Crippen LogP contribution in [0, 0.1) is 14.9 Å². The van der Waals surface area contributed by atoms with Crippen molar-refractivity contribution in [2.45, 2.75) is 20.0 Å². The number of anilines is 1. The van der Waals surface area contributed by atoms with E-state index in [1.54, 1.807) is 50.2 Å². The number of halogens is 1. The van der Waals surface area contributed by atoms with Gasteiger partial charge in [-0.25, -0.2) is 0 Å². The molecule has 0 saturated heterocycles. The zero-order valence-corrected chi connectivity index (χ0v) is 18.1. The number of nitrogens with zero attached hydrogens (tertiary/aromatic N) is 1. The largest absolute Gasteiger partial charge is 0.335 e. The van der Waals surface area contributed by atoms with Crippen molar-refractivity contribution in [3.8, 4) is 6.07 Å². The van der Waals surface area contributed by atoms with Gasteiger partial charge in [-0.2, -0.15) is 5.26 Å². The molecule has 0 aliphatic heterocycles. The van der Waals surface area contributed by atoms with E-state index in [-0.39, 0.29) is 12.1 Å². The van der Waals surface area contributed by atoms with Gasteiger partial charge in [0.15, 0.2) is 0 Å². The Morgan fingerprint density at radius 2 is 1.78 bits per heavy atom. The smallest absolute Gasteiger partial charge is 0.321 e. The minimum Gasteiger partial charge on any atom is -0.321 e. The molecule has 0 spiro atoms. The van der Waals surface area contributed by atoms with Crippen LogP contribution in [0.1, 0.15) is 35.3 Å². The van der Waals surface area contributed by atoms with Gasteiger partial charge in [0.05, 0.1) is 30.6 Å². The Kier molecular flexibility index (Phi) is 7.99. The Morgan fingerprint density at radius 3 is 2.33 bits per heavy atom. The molecule has 0 unspecified atom stereocenters. The van der Waals surface area contributed by atoms with Crippen molar-refractivity contribution in [3.63, 3.8) is 0 Å². The van der Waals surface area contributed by atoms with Crippen LogP contribution in [0.3, 0.4) is 0 Å². The fraction of sp³-hybridized carbons (Fsp3) is 0.263. The Labute approximate surface area is 172 Å². The topological polar surface area (TPSA) is 88.4 Å². The van der Waals surface area contributed by atoms with Gasteiger partial charge in [0.2, 0.25) is 0 Å². The normalized spacial score (nSPS) is 11.0. The van der Waals surface area contributed by atoms with Crippen LogP contribution in [-0.2, 0) is 19.8 Å². The molecule has 6 nitrogen and oxygen atoms in total. The molecule has 0 radical (unpaired) electrons. The Morgan fingerprint density at radius 1 is 1.15 bits per heavy atom. The highest BCUT2D eigenvalue weighted by atomic mass is 127. The van der Waals surface area contributed by atoms with Crippen molar-refractivity contribution in [2.75, 3.05) is 18.5 Å². The number of carbonyl (C=O) groups is 1. The summed E-state index contributed by atoms with van der Waals surface area (Å²) in [6.45, 7) is 4.13. The molecule has 1 amide bonds. The predicted octanol–water partition coefficient (Wildman–Crippen LogP) is 5.18. The maximum atomic E-state index is 12.6. The van der Waals surface area contributed by atoms with E-state index in [0.29, 0.717) is 30.0 Å². The molecule has 1 N–H and O–H groups in total. The lowest BCUT2D eigenvalue weighted by molar-refractivity contribution is 0.102. The Hall–Kier alpha value is -1.72. The first-order valence-electron chi connectivity index (χ1n) is 8.39. The predicted molar refractivity (Wildman–Crippen MR) is 113 cm³/mol. The number of hydrogen-bond acceptors (Lipinski definition) is 5. The maximum Gasteiger partial charge on any atom is 0.335 e. The van der Waals surface area contributed by atoms with Crippen LogP contribution < -0.4 is 5.32 Å². The molecular weight excluding hydrogens is 478 g/mol. The first-order chi connectivity index (χ1) is 12.9. The molecule has 0 bridgehead atoms. The third-order valence-corrected chi connectivity index (χ3v) is 6.32. The van der Waals surface area contributed by atoms with Crippen molar-refractivity contribution in [2.24, 2.45) is 0 Å². The van der Waals surface area contributed by atoms with Gasteiger partial charge in [-0.1, -0.05) is 12.1 Å². The number of benzene rings is 2. The minimum absolute atomic E-state index is 0.145. The van der Waals surface area contributed by atoms with Gasteiger partial charge in [0.1, 0.15) is 6.07 Å². The van der Waals surface area contributed by atoms with Crippen LogP contribution in [0.2, 0.25) is 0 Å². The third kappa shape index (κ3) is 6.15. The highest BCUT2D eigenvalue weighted by Crippen LogP contribution is 2.51. The maximum absolute atomic E-state index is 12.6. The molecule has 2 rings (SSSR count). The van der Waals surface area contributed by atoms with Crippen molar-refractivity contribution >= 4 is 41.8 Å². The van der Waals surface area contributed by atoms with Gasteiger partial charge in [-0.15, -0.1) is 0 Å². The molecule has 0 atom stereocenters. The Balaban J connectivity index is 2.12. The molecule has 0 aromatic heterocycles. The van der Waals surface area contributed by atoms with E-state index in [1.807, 2.05) is 6.07 Å². The summed E-state index contributed by atoms with van der Waals surface area (Å²) in [5.74, 6) is -0.322. The van der Waals surface area contributed by atoms with Crippen molar-refractivity contribution in [3.05, 3.63) is 62.7 Å². The highest BCUT2D eigenvalue weighted by molar-refractivity contribution is 14.1. The SMILES string of the molecule is CCOP(=O)(Cc1ccc(C(=O)Nc2ccc(I)cc2C#N)cc1)OCC. The molecule has 2 aromatic rings. The summed E-state index contributed by atoms with van der Waals surface area (Å²) in [5, 5.41) is 11.9. The summed E-state index contributed by atoms with van der Waals surface area (Å²) in [6.07, 6.45) is 0.145. The average molecular weight is 498 g/mol. The van der Waals surface area contributed by atoms with Gasteiger partial charge < -0.3 is 14.4 Å². The number of hydrogen-bond donors (Lipinski definition) is 1. The zero-order chi connectivity index (χ0) is 19.9. The molecule has 27 heavy (non-hydrogen) atoms. The number of nitrogens with one attached hydrogen (secondary N) is 1. The quantitative estimate of drug-likeness (QED) is 0.400. The van der Waals surface area contributed by atoms with E-state index in [4.69, 9.17) is 9.05 Å². The lowest BCUT2D eigenvalue weighted by Gasteiger charge is -2.17. The van der Waals surface area contributed by atoms with E-state index < -0.39 is 7.60 Å². The summed E-state index contributed by atoms with van der Waals surface area (Å²) in [5.41, 5.74) is 2.05. The number of amides is 1. The molecule has 0 aliphatic rings. The molecule has 0 aliphatic carbocycles. The fourth-order valence-corrected chi connectivity index (χ4v) is 4.61. The molecule has 0 heterocycles. The minimum atomic E-state index is -3.19. The second-order valence-corrected chi connectivity index (χ2v) is 8.86. The summed E-state index contributed by atoms with van der Waals surface area (Å²) in [7, 11) is -3.19. The van der Waals surface area contributed by atoms with Gasteiger partial charge in [-0.3, -0.25) is 9.36 Å². The molecule has 142 valence electrons. The molecule has 8 heteroatoms. The van der Waals surface area contributed by atoms with E-state index >= 15 is 0 Å².